The van der Waals surface area contributed by atoms with Crippen molar-refractivity contribution in [3.8, 4) is 11.3 Å². The minimum atomic E-state index is -0.958. The smallest absolute Gasteiger partial charge is 0.295 e. The maximum Gasteiger partial charge on any atom is 0.295 e. The maximum absolute atomic E-state index is 13.8. The molecule has 0 bridgehead atoms. The second kappa shape index (κ2) is 11.0. The van der Waals surface area contributed by atoms with E-state index in [2.05, 4.69) is 20.2 Å². The van der Waals surface area contributed by atoms with Gasteiger partial charge in [0.1, 0.15) is 5.52 Å². The Morgan fingerprint density at radius 1 is 1.09 bits per heavy atom. The molecule has 0 amide bonds. The summed E-state index contributed by atoms with van der Waals surface area (Å²) in [5.41, 5.74) is 1.39. The molecule has 0 radical (unpaired) electrons. The molecular weight excluding hydrogens is 444 g/mol. The lowest BCUT2D eigenvalue weighted by Gasteiger charge is -2.26. The van der Waals surface area contributed by atoms with E-state index in [0.717, 1.165) is 31.8 Å². The molecule has 1 N–H and O–H groups in total. The third-order valence-electron chi connectivity index (χ3n) is 5.60. The molecule has 0 saturated carbocycles. The van der Waals surface area contributed by atoms with Crippen molar-refractivity contribution in [3.05, 3.63) is 52.3 Å². The lowest BCUT2D eigenvalue weighted by Crippen LogP contribution is -2.39. The van der Waals surface area contributed by atoms with Crippen LogP contribution in [0.3, 0.4) is 0 Å². The first kappa shape index (κ1) is 24.2. The minimum Gasteiger partial charge on any atom is -0.379 e. The number of nitrogens with one attached hydrogen (secondary N) is 1. The van der Waals surface area contributed by atoms with Gasteiger partial charge < -0.3 is 14.8 Å². The average molecular weight is 474 g/mol. The Bertz CT molecular complexity index is 1200. The Hall–Kier alpha value is -2.95. The molecular formula is C24H29F2N5O3. The number of fused-ring (bicyclic) bond motifs is 1. The van der Waals surface area contributed by atoms with Crippen LogP contribution in [0.25, 0.3) is 22.4 Å². The topological polar surface area (TPSA) is 81.5 Å². The molecule has 0 spiro atoms. The van der Waals surface area contributed by atoms with Gasteiger partial charge in [0.2, 0.25) is 0 Å². The van der Waals surface area contributed by atoms with Crippen molar-refractivity contribution < 1.29 is 18.3 Å². The molecule has 0 atom stereocenters. The van der Waals surface area contributed by atoms with E-state index in [1.54, 1.807) is 12.1 Å². The molecule has 10 heteroatoms. The summed E-state index contributed by atoms with van der Waals surface area (Å²) < 4.78 is 39.7. The molecule has 1 aromatic carbocycles. The van der Waals surface area contributed by atoms with Crippen molar-refractivity contribution in [2.75, 3.05) is 51.3 Å². The van der Waals surface area contributed by atoms with Gasteiger partial charge in [-0.15, -0.1) is 0 Å². The molecule has 3 aromatic rings. The van der Waals surface area contributed by atoms with Gasteiger partial charge in [0.05, 0.1) is 38.2 Å². The summed E-state index contributed by atoms with van der Waals surface area (Å²) in [4.78, 5) is 24.6. The molecule has 2 aromatic heterocycles. The second-order valence-electron chi connectivity index (χ2n) is 8.39. The highest BCUT2D eigenvalue weighted by Crippen LogP contribution is 2.22. The molecule has 3 heterocycles. The van der Waals surface area contributed by atoms with Gasteiger partial charge in [-0.25, -0.2) is 18.7 Å². The van der Waals surface area contributed by atoms with Crippen molar-refractivity contribution in [3.63, 3.8) is 0 Å². The van der Waals surface area contributed by atoms with Crippen LogP contribution in [0.15, 0.2) is 35.1 Å². The number of morpholine rings is 1. The van der Waals surface area contributed by atoms with Gasteiger partial charge in [0.25, 0.3) is 5.56 Å². The highest BCUT2D eigenvalue weighted by Gasteiger charge is 2.15. The number of halogens is 2. The zero-order chi connectivity index (χ0) is 24.1. The number of hydrogen-bond donors (Lipinski definition) is 1. The van der Waals surface area contributed by atoms with Crippen LogP contribution >= 0.6 is 0 Å². The number of hydrogen-bond acceptors (Lipinski definition) is 7. The molecule has 1 fully saturated rings. The Balaban J connectivity index is 1.64. The molecule has 4 rings (SSSR count). The summed E-state index contributed by atoms with van der Waals surface area (Å²) in [6.07, 6.45) is 0.0145. The SMILES string of the molecule is CC(C)OCCn1c(=O)c(NCCN2CCOCC2)nc2ccc(-c3ccc(F)c(F)c3)nc21. The van der Waals surface area contributed by atoms with Gasteiger partial charge in [-0.3, -0.25) is 14.3 Å². The summed E-state index contributed by atoms with van der Waals surface area (Å²) >= 11 is 0. The van der Waals surface area contributed by atoms with Crippen molar-refractivity contribution >= 4 is 17.0 Å². The number of benzene rings is 1. The predicted molar refractivity (Wildman–Crippen MR) is 126 cm³/mol. The van der Waals surface area contributed by atoms with Crippen LogP contribution in [0.5, 0.6) is 0 Å². The highest BCUT2D eigenvalue weighted by molar-refractivity contribution is 5.76. The molecule has 0 aliphatic carbocycles. The number of ether oxygens (including phenoxy) is 2. The Morgan fingerprint density at radius 2 is 1.88 bits per heavy atom. The fourth-order valence-electron chi connectivity index (χ4n) is 3.79. The largest absolute Gasteiger partial charge is 0.379 e. The number of pyridine rings is 1. The van der Waals surface area contributed by atoms with Crippen molar-refractivity contribution in [1.82, 2.24) is 19.4 Å². The van der Waals surface area contributed by atoms with Gasteiger partial charge in [-0.1, -0.05) is 0 Å². The van der Waals surface area contributed by atoms with E-state index < -0.39 is 11.6 Å². The molecule has 1 aliphatic heterocycles. The highest BCUT2D eigenvalue weighted by atomic mass is 19.2. The van der Waals surface area contributed by atoms with E-state index in [0.29, 0.717) is 48.8 Å². The number of rotatable bonds is 9. The zero-order valence-electron chi connectivity index (χ0n) is 19.4. The first-order chi connectivity index (χ1) is 16.4. The van der Waals surface area contributed by atoms with E-state index in [1.807, 2.05) is 13.8 Å². The first-order valence-electron chi connectivity index (χ1n) is 11.4. The first-order valence-corrected chi connectivity index (χ1v) is 11.4. The fourth-order valence-corrected chi connectivity index (χ4v) is 3.79. The maximum atomic E-state index is 13.8. The van der Waals surface area contributed by atoms with Crippen LogP contribution in [0.4, 0.5) is 14.6 Å². The van der Waals surface area contributed by atoms with Gasteiger partial charge in [-0.2, -0.15) is 0 Å². The van der Waals surface area contributed by atoms with E-state index in [9.17, 15) is 13.6 Å². The standard InChI is InChI=1S/C24H29F2N5O3/c1-16(2)34-14-11-31-23-21(6-5-20(29-23)17-3-4-18(25)19(26)15-17)28-22(24(31)32)27-7-8-30-9-12-33-13-10-30/h3-6,15-16H,7-14H2,1-2H3,(H,27,28). The average Bonchev–Trinajstić information content (AvgIpc) is 2.83. The fraction of sp³-hybridized carbons (Fsp3) is 0.458. The van der Waals surface area contributed by atoms with E-state index in [-0.39, 0.29) is 24.0 Å². The van der Waals surface area contributed by atoms with Gasteiger partial charge in [0.15, 0.2) is 23.1 Å². The Labute approximate surface area is 196 Å². The minimum absolute atomic E-state index is 0.0145. The van der Waals surface area contributed by atoms with Crippen LogP contribution in [0.2, 0.25) is 0 Å². The molecule has 0 unspecified atom stereocenters. The molecule has 1 saturated heterocycles. The zero-order valence-corrected chi connectivity index (χ0v) is 19.4. The Kier molecular flexibility index (Phi) is 7.81. The van der Waals surface area contributed by atoms with Crippen molar-refractivity contribution in [2.45, 2.75) is 26.5 Å². The van der Waals surface area contributed by atoms with Gasteiger partial charge in [0, 0.05) is 31.7 Å². The normalized spacial score (nSPS) is 14.7. The number of aromatic nitrogens is 3. The number of anilines is 1. The molecule has 1 aliphatic rings. The second-order valence-corrected chi connectivity index (χ2v) is 8.39. The van der Waals surface area contributed by atoms with Crippen LogP contribution in [0, 0.1) is 11.6 Å². The van der Waals surface area contributed by atoms with Crippen LogP contribution < -0.4 is 10.9 Å². The Morgan fingerprint density at radius 3 is 2.62 bits per heavy atom. The van der Waals surface area contributed by atoms with Crippen molar-refractivity contribution in [1.29, 1.82) is 0 Å². The van der Waals surface area contributed by atoms with Gasteiger partial charge >= 0.3 is 0 Å². The van der Waals surface area contributed by atoms with Crippen LogP contribution in [-0.2, 0) is 16.0 Å². The summed E-state index contributed by atoms with van der Waals surface area (Å²) in [5, 5.41) is 3.17. The lowest BCUT2D eigenvalue weighted by molar-refractivity contribution is 0.0398. The molecule has 182 valence electrons. The summed E-state index contributed by atoms with van der Waals surface area (Å²) in [7, 11) is 0. The third kappa shape index (κ3) is 5.75. The lowest BCUT2D eigenvalue weighted by atomic mass is 10.1. The van der Waals surface area contributed by atoms with E-state index in [1.165, 1.54) is 10.6 Å². The van der Waals surface area contributed by atoms with Crippen LogP contribution in [-0.4, -0.2) is 71.5 Å². The van der Waals surface area contributed by atoms with Crippen molar-refractivity contribution in [2.24, 2.45) is 0 Å². The summed E-state index contributed by atoms with van der Waals surface area (Å²) in [5.74, 6) is -1.64. The van der Waals surface area contributed by atoms with Gasteiger partial charge in [-0.05, 0) is 44.2 Å². The van der Waals surface area contributed by atoms with Crippen LogP contribution in [0.1, 0.15) is 13.8 Å². The summed E-state index contributed by atoms with van der Waals surface area (Å²) in [6, 6.07) is 7.00. The summed E-state index contributed by atoms with van der Waals surface area (Å²) in [6.45, 7) is 8.93. The third-order valence-corrected chi connectivity index (χ3v) is 5.60. The monoisotopic (exact) mass is 473 g/mol. The quantitative estimate of drug-likeness (QED) is 0.512. The molecule has 34 heavy (non-hydrogen) atoms. The number of nitrogens with zero attached hydrogens (tertiary/aromatic N) is 4. The molecule has 8 nitrogen and oxygen atoms in total. The van der Waals surface area contributed by atoms with E-state index in [4.69, 9.17) is 9.47 Å². The predicted octanol–water partition coefficient (Wildman–Crippen LogP) is 2.91. The van der Waals surface area contributed by atoms with E-state index >= 15 is 0 Å².